The van der Waals surface area contributed by atoms with Crippen LogP contribution in [-0.4, -0.2) is 9.59 Å². The van der Waals surface area contributed by atoms with Gasteiger partial charge in [0, 0.05) is 17.6 Å². The second-order valence-electron chi connectivity index (χ2n) is 3.95. The molecule has 1 aromatic carbocycles. The first-order chi connectivity index (χ1) is 7.84. The molecule has 2 unspecified atom stereocenters. The molecule has 4 nitrogen and oxygen atoms in total. The molecule has 0 bridgehead atoms. The highest BCUT2D eigenvalue weighted by molar-refractivity contribution is 7.09. The first kappa shape index (κ1) is 9.74. The Morgan fingerprint density at radius 3 is 2.88 bits per heavy atom. The molecule has 16 heavy (non-hydrogen) atoms. The third-order valence-corrected chi connectivity index (χ3v) is 3.53. The van der Waals surface area contributed by atoms with Crippen LogP contribution < -0.4 is 11.1 Å². The molecule has 1 aliphatic rings. The molecule has 0 spiro atoms. The highest BCUT2D eigenvalue weighted by Crippen LogP contribution is 2.39. The third kappa shape index (κ3) is 1.58. The first-order valence-corrected chi connectivity index (χ1v) is 6.00. The Morgan fingerprint density at radius 2 is 2.12 bits per heavy atom. The number of nitrogens with zero attached hydrogens (tertiary/aromatic N) is 2. The van der Waals surface area contributed by atoms with Crippen LogP contribution >= 0.6 is 11.5 Å². The van der Waals surface area contributed by atoms with Gasteiger partial charge in [-0.15, -0.1) is 5.10 Å². The van der Waals surface area contributed by atoms with Gasteiger partial charge in [0.15, 0.2) is 0 Å². The second-order valence-corrected chi connectivity index (χ2v) is 4.74. The predicted molar refractivity (Wildman–Crippen MR) is 64.3 cm³/mol. The summed E-state index contributed by atoms with van der Waals surface area (Å²) in [5.41, 5.74) is 8.64. The molecule has 0 radical (unpaired) electrons. The van der Waals surface area contributed by atoms with Crippen LogP contribution in [0, 0.1) is 0 Å². The van der Waals surface area contributed by atoms with Crippen LogP contribution in [0.2, 0.25) is 0 Å². The summed E-state index contributed by atoms with van der Waals surface area (Å²) in [5.74, 6) is 0. The van der Waals surface area contributed by atoms with E-state index in [1.807, 2.05) is 6.07 Å². The Labute approximate surface area is 97.7 Å². The Kier molecular flexibility index (Phi) is 2.34. The van der Waals surface area contributed by atoms with Crippen LogP contribution in [0.4, 0.5) is 5.00 Å². The monoisotopic (exact) mass is 232 g/mol. The maximum absolute atomic E-state index is 6.10. The Balaban J connectivity index is 1.89. The van der Waals surface area contributed by atoms with Gasteiger partial charge in [0.1, 0.15) is 5.00 Å². The van der Waals surface area contributed by atoms with Crippen molar-refractivity contribution in [3.05, 3.63) is 41.6 Å². The topological polar surface area (TPSA) is 63.8 Å². The molecule has 1 aromatic heterocycles. The molecule has 0 amide bonds. The van der Waals surface area contributed by atoms with E-state index < -0.39 is 0 Å². The molecule has 1 aliphatic carbocycles. The van der Waals surface area contributed by atoms with Gasteiger partial charge in [-0.05, 0) is 17.5 Å². The lowest BCUT2D eigenvalue weighted by Crippen LogP contribution is -2.09. The highest BCUT2D eigenvalue weighted by Gasteiger charge is 2.28. The lowest BCUT2D eigenvalue weighted by atomic mass is 10.1. The summed E-state index contributed by atoms with van der Waals surface area (Å²) in [6.45, 7) is 0. The predicted octanol–water partition coefficient (Wildman–Crippen LogP) is 2.09. The molecule has 3 rings (SSSR count). The van der Waals surface area contributed by atoms with E-state index in [0.717, 1.165) is 11.4 Å². The SMILES string of the molecule is NC1CC(Nc2cnns2)c2ccccc21. The van der Waals surface area contributed by atoms with Crippen molar-refractivity contribution in [3.63, 3.8) is 0 Å². The zero-order valence-corrected chi connectivity index (χ0v) is 9.45. The zero-order chi connectivity index (χ0) is 11.0. The van der Waals surface area contributed by atoms with Crippen LogP contribution in [0.3, 0.4) is 0 Å². The number of aromatic nitrogens is 2. The summed E-state index contributed by atoms with van der Waals surface area (Å²) in [4.78, 5) is 0. The Hall–Kier alpha value is -1.46. The van der Waals surface area contributed by atoms with Crippen molar-refractivity contribution in [3.8, 4) is 0 Å². The van der Waals surface area contributed by atoms with Crippen LogP contribution in [0.25, 0.3) is 0 Å². The van der Waals surface area contributed by atoms with E-state index in [4.69, 9.17) is 5.73 Å². The largest absolute Gasteiger partial charge is 0.367 e. The van der Waals surface area contributed by atoms with Crippen LogP contribution in [0.5, 0.6) is 0 Å². The van der Waals surface area contributed by atoms with E-state index in [1.165, 1.54) is 22.7 Å². The number of rotatable bonds is 2. The van der Waals surface area contributed by atoms with Gasteiger partial charge < -0.3 is 11.1 Å². The lowest BCUT2D eigenvalue weighted by molar-refractivity contribution is 0.649. The summed E-state index contributed by atoms with van der Waals surface area (Å²) in [7, 11) is 0. The Morgan fingerprint density at radius 1 is 1.31 bits per heavy atom. The number of hydrogen-bond donors (Lipinski definition) is 2. The maximum Gasteiger partial charge on any atom is 0.130 e. The third-order valence-electron chi connectivity index (χ3n) is 2.94. The normalized spacial score (nSPS) is 23.1. The summed E-state index contributed by atoms with van der Waals surface area (Å²) in [5, 5.41) is 8.23. The fourth-order valence-corrected chi connectivity index (χ4v) is 2.68. The minimum Gasteiger partial charge on any atom is -0.367 e. The second kappa shape index (κ2) is 3.84. The van der Waals surface area contributed by atoms with E-state index >= 15 is 0 Å². The van der Waals surface area contributed by atoms with Crippen molar-refractivity contribution in [2.75, 3.05) is 5.32 Å². The van der Waals surface area contributed by atoms with E-state index in [0.29, 0.717) is 0 Å². The number of hydrogen-bond acceptors (Lipinski definition) is 5. The van der Waals surface area contributed by atoms with Gasteiger partial charge in [-0.1, -0.05) is 28.8 Å². The molecule has 2 aromatic rings. The van der Waals surface area contributed by atoms with E-state index in [9.17, 15) is 0 Å². The maximum atomic E-state index is 6.10. The number of benzene rings is 1. The molecule has 0 saturated heterocycles. The van der Waals surface area contributed by atoms with Crippen molar-refractivity contribution in [1.29, 1.82) is 0 Å². The van der Waals surface area contributed by atoms with Crippen LogP contribution in [-0.2, 0) is 0 Å². The zero-order valence-electron chi connectivity index (χ0n) is 8.63. The van der Waals surface area contributed by atoms with Crippen LogP contribution in [0.1, 0.15) is 29.6 Å². The number of nitrogens with two attached hydrogens (primary N) is 1. The lowest BCUT2D eigenvalue weighted by Gasteiger charge is -2.12. The van der Waals surface area contributed by atoms with Crippen molar-refractivity contribution < 1.29 is 0 Å². The number of nitrogens with one attached hydrogen (secondary N) is 1. The minimum atomic E-state index is 0.134. The van der Waals surface area contributed by atoms with Crippen molar-refractivity contribution in [1.82, 2.24) is 9.59 Å². The molecule has 82 valence electrons. The number of anilines is 1. The van der Waals surface area contributed by atoms with E-state index in [1.54, 1.807) is 6.20 Å². The average molecular weight is 232 g/mol. The molecular weight excluding hydrogens is 220 g/mol. The first-order valence-electron chi connectivity index (χ1n) is 5.23. The molecule has 2 atom stereocenters. The summed E-state index contributed by atoms with van der Waals surface area (Å²) in [6, 6.07) is 8.75. The molecule has 5 heteroatoms. The molecule has 3 N–H and O–H groups in total. The molecule has 0 saturated carbocycles. The van der Waals surface area contributed by atoms with E-state index in [2.05, 4.69) is 33.1 Å². The minimum absolute atomic E-state index is 0.134. The fourth-order valence-electron chi connectivity index (χ4n) is 2.21. The van der Waals surface area contributed by atoms with Crippen molar-refractivity contribution in [2.45, 2.75) is 18.5 Å². The standard InChI is InChI=1S/C11H12N4S/c12-9-5-10(14-11-6-13-15-16-11)8-4-2-1-3-7(8)9/h1-4,6,9-10,14H,5,12H2. The summed E-state index contributed by atoms with van der Waals surface area (Å²) in [6.07, 6.45) is 2.67. The van der Waals surface area contributed by atoms with Gasteiger partial charge in [-0.25, -0.2) is 0 Å². The van der Waals surface area contributed by atoms with Gasteiger partial charge >= 0.3 is 0 Å². The molecule has 0 aliphatic heterocycles. The Bertz CT molecular complexity index is 482. The highest BCUT2D eigenvalue weighted by atomic mass is 32.1. The smallest absolute Gasteiger partial charge is 0.130 e. The van der Waals surface area contributed by atoms with Gasteiger partial charge in [0.05, 0.1) is 12.2 Å². The van der Waals surface area contributed by atoms with E-state index in [-0.39, 0.29) is 12.1 Å². The average Bonchev–Trinajstić information content (AvgIpc) is 2.90. The van der Waals surface area contributed by atoms with Gasteiger partial charge in [0.2, 0.25) is 0 Å². The molecular formula is C11H12N4S. The van der Waals surface area contributed by atoms with Gasteiger partial charge in [-0.3, -0.25) is 0 Å². The van der Waals surface area contributed by atoms with Crippen molar-refractivity contribution in [2.24, 2.45) is 5.73 Å². The summed E-state index contributed by atoms with van der Waals surface area (Å²) >= 11 is 1.37. The summed E-state index contributed by atoms with van der Waals surface area (Å²) < 4.78 is 3.84. The molecule has 0 fully saturated rings. The van der Waals surface area contributed by atoms with Crippen molar-refractivity contribution >= 4 is 16.5 Å². The van der Waals surface area contributed by atoms with Gasteiger partial charge in [0.25, 0.3) is 0 Å². The van der Waals surface area contributed by atoms with Gasteiger partial charge in [-0.2, -0.15) is 0 Å². The fraction of sp³-hybridized carbons (Fsp3) is 0.273. The van der Waals surface area contributed by atoms with Crippen LogP contribution in [0.15, 0.2) is 30.5 Å². The quantitative estimate of drug-likeness (QED) is 0.832. The number of fused-ring (bicyclic) bond motifs is 1. The molecule has 1 heterocycles.